The number of carbonyl (C=O) groups is 2. The summed E-state index contributed by atoms with van der Waals surface area (Å²) >= 11 is 1.40. The minimum atomic E-state index is -3.96. The van der Waals surface area contributed by atoms with Gasteiger partial charge in [0, 0.05) is 29.0 Å². The minimum absolute atomic E-state index is 0.0271. The molecule has 2 amide bonds. The topological polar surface area (TPSA) is 136 Å². The predicted molar refractivity (Wildman–Crippen MR) is 158 cm³/mol. The second kappa shape index (κ2) is 12.3. The number of anilines is 1. The summed E-state index contributed by atoms with van der Waals surface area (Å²) in [6.07, 6.45) is 4.39. The van der Waals surface area contributed by atoms with Crippen LogP contribution in [0, 0.1) is 0 Å². The van der Waals surface area contributed by atoms with Gasteiger partial charge in [0.2, 0.25) is 10.0 Å². The number of amides is 2. The van der Waals surface area contributed by atoms with Gasteiger partial charge in [-0.1, -0.05) is 12.1 Å². The van der Waals surface area contributed by atoms with Crippen LogP contribution in [-0.4, -0.2) is 48.9 Å². The van der Waals surface area contributed by atoms with Gasteiger partial charge in [-0.05, 0) is 92.4 Å². The molecule has 1 aliphatic rings. The third kappa shape index (κ3) is 9.31. The zero-order valence-corrected chi connectivity index (χ0v) is 26.0. The highest BCUT2D eigenvalue weighted by Gasteiger charge is 2.27. The van der Waals surface area contributed by atoms with E-state index >= 15 is 0 Å². The van der Waals surface area contributed by atoms with Crippen molar-refractivity contribution in [2.75, 3.05) is 5.32 Å². The number of hydrogen-bond acceptors (Lipinski definition) is 8. The molecular formula is C28H40N4O6S2. The number of ether oxygens (including phenoxy) is 2. The normalized spacial score (nSPS) is 16.3. The first-order valence-electron chi connectivity index (χ1n) is 13.2. The SMILES string of the molecule is CC(C)OC(=O)Nc1ccc(-c2cnc(C3=CCC(NC(=O)OC(C)(C)C)CC3)s2)c(S(=O)(=O)NC(C)(C)C)c1. The molecule has 1 aliphatic carbocycles. The Balaban J connectivity index is 1.86. The zero-order valence-electron chi connectivity index (χ0n) is 24.4. The molecule has 0 saturated carbocycles. The average Bonchev–Trinajstić information content (AvgIpc) is 3.26. The summed E-state index contributed by atoms with van der Waals surface area (Å²) in [5.74, 6) is 0. The van der Waals surface area contributed by atoms with Crippen molar-refractivity contribution in [3.05, 3.63) is 35.5 Å². The van der Waals surface area contributed by atoms with Crippen LogP contribution in [-0.2, 0) is 19.5 Å². The molecule has 0 aliphatic heterocycles. The third-order valence-corrected chi connectivity index (χ3v) is 8.38. The number of nitrogens with zero attached hydrogens (tertiary/aromatic N) is 1. The lowest BCUT2D eigenvalue weighted by Crippen LogP contribution is -2.40. The lowest BCUT2D eigenvalue weighted by molar-refractivity contribution is 0.0501. The molecule has 10 nitrogen and oxygen atoms in total. The van der Waals surface area contributed by atoms with Crippen LogP contribution < -0.4 is 15.4 Å². The van der Waals surface area contributed by atoms with Gasteiger partial charge in [-0.2, -0.15) is 0 Å². The van der Waals surface area contributed by atoms with Crippen LogP contribution in [0.4, 0.5) is 15.3 Å². The van der Waals surface area contributed by atoms with E-state index in [2.05, 4.69) is 26.4 Å². The van der Waals surface area contributed by atoms with Crippen molar-refractivity contribution >= 4 is 44.8 Å². The van der Waals surface area contributed by atoms with Gasteiger partial charge in [0.15, 0.2) is 0 Å². The van der Waals surface area contributed by atoms with Gasteiger partial charge in [-0.25, -0.2) is 27.7 Å². The Labute approximate surface area is 241 Å². The second-order valence-corrected chi connectivity index (χ2v) is 14.7. The highest BCUT2D eigenvalue weighted by atomic mass is 32.2. The number of benzene rings is 1. The fourth-order valence-corrected chi connectivity index (χ4v) is 6.78. The number of alkyl carbamates (subject to hydrolysis) is 1. The maximum Gasteiger partial charge on any atom is 0.411 e. The van der Waals surface area contributed by atoms with Crippen molar-refractivity contribution in [2.24, 2.45) is 0 Å². The van der Waals surface area contributed by atoms with Gasteiger partial charge in [0.05, 0.1) is 15.9 Å². The maximum atomic E-state index is 13.5. The lowest BCUT2D eigenvalue weighted by Gasteiger charge is -2.25. The largest absolute Gasteiger partial charge is 0.447 e. The Morgan fingerprint density at radius 1 is 1.10 bits per heavy atom. The third-order valence-electron chi connectivity index (χ3n) is 5.48. The molecule has 2 aromatic rings. The number of thiazole rings is 1. The van der Waals surface area contributed by atoms with Gasteiger partial charge in [0.25, 0.3) is 0 Å². The monoisotopic (exact) mass is 592 g/mol. The van der Waals surface area contributed by atoms with Crippen molar-refractivity contribution in [3.8, 4) is 10.4 Å². The van der Waals surface area contributed by atoms with E-state index in [4.69, 9.17) is 9.47 Å². The summed E-state index contributed by atoms with van der Waals surface area (Å²) in [4.78, 5) is 29.6. The van der Waals surface area contributed by atoms with Crippen molar-refractivity contribution < 1.29 is 27.5 Å². The number of hydrogen-bond donors (Lipinski definition) is 3. The van der Waals surface area contributed by atoms with E-state index in [0.29, 0.717) is 29.0 Å². The Hall–Kier alpha value is -2.96. The number of nitrogens with one attached hydrogen (secondary N) is 3. The van der Waals surface area contributed by atoms with Gasteiger partial charge in [-0.15, -0.1) is 11.3 Å². The minimum Gasteiger partial charge on any atom is -0.447 e. The van der Waals surface area contributed by atoms with E-state index in [9.17, 15) is 18.0 Å². The summed E-state index contributed by atoms with van der Waals surface area (Å²) in [5.41, 5.74) is 0.546. The Kier molecular flexibility index (Phi) is 9.69. The van der Waals surface area contributed by atoms with Crippen LogP contribution in [0.2, 0.25) is 0 Å². The molecule has 12 heteroatoms. The molecule has 1 aromatic carbocycles. The van der Waals surface area contributed by atoms with Crippen LogP contribution in [0.25, 0.3) is 16.0 Å². The first-order chi connectivity index (χ1) is 18.4. The highest BCUT2D eigenvalue weighted by molar-refractivity contribution is 7.89. The van der Waals surface area contributed by atoms with E-state index in [-0.39, 0.29) is 17.0 Å². The standard InChI is InChI=1S/C28H40N4O6S2/c1-17(2)37-25(33)31-20-13-14-21(23(15-20)40(35,36)32-27(3,4)5)22-16-29-24(39-22)18-9-11-19(12-10-18)30-26(34)38-28(6,7)8/h9,13-17,19,32H,10-12H2,1-8H3,(H,30,34)(H,31,33). The van der Waals surface area contributed by atoms with Gasteiger partial charge >= 0.3 is 12.2 Å². The summed E-state index contributed by atoms with van der Waals surface area (Å²) in [6.45, 7) is 14.2. The molecule has 0 spiro atoms. The van der Waals surface area contributed by atoms with Crippen molar-refractivity contribution in [3.63, 3.8) is 0 Å². The van der Waals surface area contributed by atoms with Crippen LogP contribution in [0.3, 0.4) is 0 Å². The van der Waals surface area contributed by atoms with Crippen molar-refractivity contribution in [1.29, 1.82) is 0 Å². The van der Waals surface area contributed by atoms with Crippen LogP contribution in [0.5, 0.6) is 0 Å². The molecule has 1 unspecified atom stereocenters. The first-order valence-corrected chi connectivity index (χ1v) is 15.5. The Bertz CT molecular complexity index is 1370. The van der Waals surface area contributed by atoms with E-state index in [0.717, 1.165) is 17.0 Å². The Morgan fingerprint density at radius 2 is 1.80 bits per heavy atom. The molecule has 1 atom stereocenters. The fraction of sp³-hybridized carbons (Fsp3) is 0.536. The van der Waals surface area contributed by atoms with E-state index in [1.807, 2.05) is 20.8 Å². The molecule has 0 radical (unpaired) electrons. The second-order valence-electron chi connectivity index (χ2n) is 12.0. The molecule has 3 rings (SSSR count). The molecule has 0 bridgehead atoms. The van der Waals surface area contributed by atoms with Crippen molar-refractivity contribution in [2.45, 2.75) is 103 Å². The first kappa shape index (κ1) is 31.6. The molecule has 1 aromatic heterocycles. The Morgan fingerprint density at radius 3 is 2.38 bits per heavy atom. The molecular weight excluding hydrogens is 552 g/mol. The van der Waals surface area contributed by atoms with Crippen LogP contribution in [0.1, 0.15) is 79.7 Å². The molecule has 0 fully saturated rings. The van der Waals surface area contributed by atoms with Gasteiger partial charge in [-0.3, -0.25) is 5.32 Å². The number of carbonyl (C=O) groups excluding carboxylic acids is 2. The number of sulfonamides is 1. The summed E-state index contributed by atoms with van der Waals surface area (Å²) in [7, 11) is -3.96. The van der Waals surface area contributed by atoms with Crippen LogP contribution >= 0.6 is 11.3 Å². The zero-order chi connectivity index (χ0) is 29.9. The van der Waals surface area contributed by atoms with Crippen LogP contribution in [0.15, 0.2) is 35.4 Å². The van der Waals surface area contributed by atoms with Crippen molar-refractivity contribution in [1.82, 2.24) is 15.0 Å². The smallest absolute Gasteiger partial charge is 0.411 e. The van der Waals surface area contributed by atoms with E-state index in [1.165, 1.54) is 17.4 Å². The highest BCUT2D eigenvalue weighted by Crippen LogP contribution is 2.38. The van der Waals surface area contributed by atoms with E-state index in [1.54, 1.807) is 52.9 Å². The number of aromatic nitrogens is 1. The molecule has 3 N–H and O–H groups in total. The molecule has 1 heterocycles. The lowest BCUT2D eigenvalue weighted by atomic mass is 9.95. The average molecular weight is 593 g/mol. The number of rotatable bonds is 7. The fourth-order valence-electron chi connectivity index (χ4n) is 4.03. The summed E-state index contributed by atoms with van der Waals surface area (Å²) in [6, 6.07) is 4.70. The number of allylic oxidation sites excluding steroid dienone is 1. The predicted octanol–water partition coefficient (Wildman–Crippen LogP) is 6.30. The molecule has 40 heavy (non-hydrogen) atoms. The maximum absolute atomic E-state index is 13.5. The quantitative estimate of drug-likeness (QED) is 0.343. The molecule has 220 valence electrons. The summed E-state index contributed by atoms with van der Waals surface area (Å²) < 4.78 is 40.1. The van der Waals surface area contributed by atoms with Gasteiger partial charge in [0.1, 0.15) is 10.6 Å². The van der Waals surface area contributed by atoms with Gasteiger partial charge < -0.3 is 14.8 Å². The van der Waals surface area contributed by atoms with E-state index < -0.39 is 33.3 Å². The molecule has 0 saturated heterocycles. The summed E-state index contributed by atoms with van der Waals surface area (Å²) in [5, 5.41) is 6.31.